The summed E-state index contributed by atoms with van der Waals surface area (Å²) < 4.78 is 5.40. The molecule has 42 heavy (non-hydrogen) atoms. The number of benzene rings is 2. The van der Waals surface area contributed by atoms with Crippen LogP contribution in [0.1, 0.15) is 26.3 Å². The molecule has 2 aliphatic rings. The summed E-state index contributed by atoms with van der Waals surface area (Å²) in [5, 5.41) is 17.5. The van der Waals surface area contributed by atoms with Gasteiger partial charge in [-0.05, 0) is 49.9 Å². The van der Waals surface area contributed by atoms with Gasteiger partial charge in [-0.1, -0.05) is 6.07 Å². The molecule has 5 rings (SSSR count). The van der Waals surface area contributed by atoms with Crippen molar-refractivity contribution in [1.29, 1.82) is 0 Å². The molecule has 2 aromatic carbocycles. The number of pyridine rings is 1. The van der Waals surface area contributed by atoms with Gasteiger partial charge in [-0.25, -0.2) is 4.98 Å². The molecule has 0 spiro atoms. The van der Waals surface area contributed by atoms with Crippen molar-refractivity contribution in [3.63, 3.8) is 0 Å². The molecule has 2 saturated heterocycles. The smallest absolute Gasteiger partial charge is 0.294 e. The number of nitro benzene ring substituents is 1. The molecule has 220 valence electrons. The molecule has 3 heterocycles. The standard InChI is InChI=1S/C29H34N8O5/c1-19-3-4-21(32-28(38)20-7-8-31-25(17-20)35-13-15-42-16-14-35)18-23(19)33-29(39)22-5-6-24(37(40)41)27(26(22)30)36-11-9-34(2)10-12-36/h3-8,17-18H,9-16,30H2,1-2H3,(H,32,38)(H,33,39). The zero-order chi connectivity index (χ0) is 29.8. The van der Waals surface area contributed by atoms with E-state index in [1.807, 2.05) is 18.9 Å². The molecule has 0 aliphatic carbocycles. The molecule has 1 aromatic heterocycles. The highest BCUT2D eigenvalue weighted by Crippen LogP contribution is 2.37. The predicted octanol–water partition coefficient (Wildman–Crippen LogP) is 2.97. The lowest BCUT2D eigenvalue weighted by Gasteiger charge is -2.34. The lowest BCUT2D eigenvalue weighted by atomic mass is 10.1. The molecule has 4 N–H and O–H groups in total. The topological polar surface area (TPSA) is 159 Å². The molecule has 0 bridgehead atoms. The van der Waals surface area contributed by atoms with Gasteiger partial charge in [0.25, 0.3) is 17.5 Å². The van der Waals surface area contributed by atoms with E-state index < -0.39 is 10.8 Å². The highest BCUT2D eigenvalue weighted by atomic mass is 16.6. The number of carbonyl (C=O) groups excluding carboxylic acids is 2. The largest absolute Gasteiger partial charge is 0.396 e. The van der Waals surface area contributed by atoms with Crippen molar-refractivity contribution in [2.45, 2.75) is 6.92 Å². The maximum Gasteiger partial charge on any atom is 0.294 e. The number of nitrogens with one attached hydrogen (secondary N) is 2. The minimum absolute atomic E-state index is 0.0575. The third-order valence-electron chi connectivity index (χ3n) is 7.54. The first-order valence-electron chi connectivity index (χ1n) is 13.7. The number of aryl methyl sites for hydroxylation is 1. The fraction of sp³-hybridized carbons (Fsp3) is 0.345. The number of nitrogens with two attached hydrogens (primary N) is 1. The summed E-state index contributed by atoms with van der Waals surface area (Å²) in [5.74, 6) is -0.113. The first-order valence-corrected chi connectivity index (χ1v) is 13.7. The van der Waals surface area contributed by atoms with Crippen LogP contribution < -0.4 is 26.2 Å². The van der Waals surface area contributed by atoms with Crippen LogP contribution in [0.15, 0.2) is 48.7 Å². The summed E-state index contributed by atoms with van der Waals surface area (Å²) in [7, 11) is 1.98. The summed E-state index contributed by atoms with van der Waals surface area (Å²) in [5.41, 5.74) is 8.90. The van der Waals surface area contributed by atoms with E-state index in [9.17, 15) is 19.7 Å². The zero-order valence-corrected chi connectivity index (χ0v) is 23.6. The van der Waals surface area contributed by atoms with E-state index in [4.69, 9.17) is 10.5 Å². The van der Waals surface area contributed by atoms with Crippen LogP contribution in [0.25, 0.3) is 0 Å². The number of ether oxygens (including phenoxy) is 1. The Morgan fingerprint density at radius 2 is 1.69 bits per heavy atom. The van der Waals surface area contributed by atoms with E-state index in [1.165, 1.54) is 12.1 Å². The van der Waals surface area contributed by atoms with E-state index in [0.29, 0.717) is 62.1 Å². The number of likely N-dealkylation sites (N-methyl/N-ethyl adjacent to an activating group) is 1. The Morgan fingerprint density at radius 1 is 0.952 bits per heavy atom. The Hall–Kier alpha value is -4.75. The van der Waals surface area contributed by atoms with Gasteiger partial charge in [0.1, 0.15) is 11.5 Å². The molecule has 2 fully saturated rings. The summed E-state index contributed by atoms with van der Waals surface area (Å²) in [4.78, 5) is 48.2. The highest BCUT2D eigenvalue weighted by Gasteiger charge is 2.28. The molecule has 2 aliphatic heterocycles. The molecule has 0 atom stereocenters. The van der Waals surface area contributed by atoms with Crippen molar-refractivity contribution in [2.24, 2.45) is 0 Å². The number of hydrogen-bond donors (Lipinski definition) is 3. The van der Waals surface area contributed by atoms with Gasteiger partial charge in [-0.3, -0.25) is 19.7 Å². The van der Waals surface area contributed by atoms with E-state index >= 15 is 0 Å². The van der Waals surface area contributed by atoms with Crippen LogP contribution in [0.4, 0.5) is 34.3 Å². The van der Waals surface area contributed by atoms with Crippen LogP contribution >= 0.6 is 0 Å². The van der Waals surface area contributed by atoms with Crippen LogP contribution in [0.3, 0.4) is 0 Å². The van der Waals surface area contributed by atoms with Crippen molar-refractivity contribution >= 4 is 46.1 Å². The Labute approximate surface area is 243 Å². The molecule has 13 nitrogen and oxygen atoms in total. The van der Waals surface area contributed by atoms with Crippen molar-refractivity contribution in [3.05, 3.63) is 75.5 Å². The lowest BCUT2D eigenvalue weighted by molar-refractivity contribution is -0.384. The zero-order valence-electron chi connectivity index (χ0n) is 23.6. The van der Waals surface area contributed by atoms with Gasteiger partial charge >= 0.3 is 0 Å². The molecule has 13 heteroatoms. The SMILES string of the molecule is Cc1ccc(NC(=O)c2ccnc(N3CCOCC3)c2)cc1NC(=O)c1ccc([N+](=O)[O-])c(N2CCN(C)CC2)c1N. The summed E-state index contributed by atoms with van der Waals surface area (Å²) in [6.07, 6.45) is 1.60. The predicted molar refractivity (Wildman–Crippen MR) is 162 cm³/mol. The number of anilines is 5. The van der Waals surface area contributed by atoms with Gasteiger partial charge in [0.05, 0.1) is 29.4 Å². The van der Waals surface area contributed by atoms with E-state index in [2.05, 4.69) is 25.4 Å². The number of nitrogens with zero attached hydrogens (tertiary/aromatic N) is 5. The molecular weight excluding hydrogens is 540 g/mol. The monoisotopic (exact) mass is 574 g/mol. The van der Waals surface area contributed by atoms with Gasteiger partial charge in [0.15, 0.2) is 0 Å². The number of carbonyl (C=O) groups is 2. The molecule has 3 aromatic rings. The van der Waals surface area contributed by atoms with Crippen molar-refractivity contribution in [3.8, 4) is 0 Å². The number of hydrogen-bond acceptors (Lipinski definition) is 10. The van der Waals surface area contributed by atoms with Gasteiger partial charge < -0.3 is 35.8 Å². The maximum atomic E-state index is 13.4. The quantitative estimate of drug-likeness (QED) is 0.218. The van der Waals surface area contributed by atoms with Gasteiger partial charge in [0, 0.05) is 68.5 Å². The van der Waals surface area contributed by atoms with E-state index in [0.717, 1.165) is 18.7 Å². The van der Waals surface area contributed by atoms with Crippen molar-refractivity contribution in [1.82, 2.24) is 9.88 Å². The first kappa shape index (κ1) is 28.8. The minimum Gasteiger partial charge on any atom is -0.396 e. The molecule has 0 saturated carbocycles. The number of aromatic nitrogens is 1. The van der Waals surface area contributed by atoms with E-state index in [1.54, 1.807) is 36.5 Å². The first-order chi connectivity index (χ1) is 20.2. The average Bonchev–Trinajstić information content (AvgIpc) is 2.99. The summed E-state index contributed by atoms with van der Waals surface area (Å²) in [6, 6.07) is 11.3. The van der Waals surface area contributed by atoms with Gasteiger partial charge in [-0.15, -0.1) is 0 Å². The third kappa shape index (κ3) is 6.26. The summed E-state index contributed by atoms with van der Waals surface area (Å²) >= 11 is 0. The minimum atomic E-state index is -0.506. The molecule has 0 radical (unpaired) electrons. The third-order valence-corrected chi connectivity index (χ3v) is 7.54. The Morgan fingerprint density at radius 3 is 2.40 bits per heavy atom. The number of amides is 2. The van der Waals surface area contributed by atoms with E-state index in [-0.39, 0.29) is 28.5 Å². The number of nitro groups is 1. The molecule has 2 amide bonds. The normalized spacial score (nSPS) is 15.8. The Balaban J connectivity index is 1.34. The Bertz CT molecular complexity index is 1500. The van der Waals surface area contributed by atoms with Gasteiger partial charge in [-0.2, -0.15) is 0 Å². The van der Waals surface area contributed by atoms with Crippen LogP contribution in [-0.4, -0.2) is 86.2 Å². The Kier molecular flexibility index (Phi) is 8.50. The number of rotatable bonds is 7. The number of piperazine rings is 1. The number of morpholine rings is 1. The molecular formula is C29H34N8O5. The van der Waals surface area contributed by atoms with Crippen LogP contribution in [0, 0.1) is 17.0 Å². The average molecular weight is 575 g/mol. The number of nitrogen functional groups attached to an aromatic ring is 1. The summed E-state index contributed by atoms with van der Waals surface area (Å²) in [6.45, 7) is 7.00. The van der Waals surface area contributed by atoms with Gasteiger partial charge in [0.2, 0.25) is 0 Å². The second-order valence-corrected chi connectivity index (χ2v) is 10.4. The second-order valence-electron chi connectivity index (χ2n) is 10.4. The van der Waals surface area contributed by atoms with Crippen LogP contribution in [-0.2, 0) is 4.74 Å². The lowest BCUT2D eigenvalue weighted by Crippen LogP contribution is -2.45. The second kappa shape index (κ2) is 12.4. The van der Waals surface area contributed by atoms with Crippen LogP contribution in [0.2, 0.25) is 0 Å². The maximum absolute atomic E-state index is 13.4. The molecule has 0 unspecified atom stereocenters. The van der Waals surface area contributed by atoms with Crippen molar-refractivity contribution < 1.29 is 19.2 Å². The van der Waals surface area contributed by atoms with Crippen molar-refractivity contribution in [2.75, 3.05) is 85.7 Å². The fourth-order valence-electron chi connectivity index (χ4n) is 5.06. The fourth-order valence-corrected chi connectivity index (χ4v) is 5.06. The highest BCUT2D eigenvalue weighted by molar-refractivity contribution is 6.11. The van der Waals surface area contributed by atoms with Crippen LogP contribution in [0.5, 0.6) is 0 Å².